The third-order valence-electron chi connectivity index (χ3n) is 4.05. The summed E-state index contributed by atoms with van der Waals surface area (Å²) in [7, 11) is 1.69. The molecule has 4 nitrogen and oxygen atoms in total. The Bertz CT molecular complexity index is 442. The summed E-state index contributed by atoms with van der Waals surface area (Å²) in [6.45, 7) is 2.84. The van der Waals surface area contributed by atoms with Crippen molar-refractivity contribution >= 4 is 11.6 Å². The Hall–Kier alpha value is -1.39. The lowest BCUT2D eigenvalue weighted by molar-refractivity contribution is -0.116. The highest BCUT2D eigenvalue weighted by molar-refractivity contribution is 5.91. The van der Waals surface area contributed by atoms with Crippen LogP contribution in [-0.4, -0.2) is 32.7 Å². The summed E-state index contributed by atoms with van der Waals surface area (Å²) in [5.41, 5.74) is 2.05. The van der Waals surface area contributed by atoms with Gasteiger partial charge in [-0.05, 0) is 56.3 Å². The monoisotopic (exact) mass is 290 g/mol. The lowest BCUT2D eigenvalue weighted by atomic mass is 9.94. The molecular weight excluding hydrogens is 264 g/mol. The molecule has 1 aliphatic heterocycles. The van der Waals surface area contributed by atoms with Gasteiger partial charge in [-0.2, -0.15) is 0 Å². The van der Waals surface area contributed by atoms with Gasteiger partial charge in [0, 0.05) is 19.2 Å². The van der Waals surface area contributed by atoms with Gasteiger partial charge in [0.1, 0.15) is 0 Å². The Labute approximate surface area is 127 Å². The number of carbonyl (C=O) groups is 1. The van der Waals surface area contributed by atoms with Gasteiger partial charge in [-0.15, -0.1) is 0 Å². The van der Waals surface area contributed by atoms with Gasteiger partial charge in [0.15, 0.2) is 0 Å². The molecule has 0 saturated carbocycles. The van der Waals surface area contributed by atoms with Crippen molar-refractivity contribution < 1.29 is 9.53 Å². The Morgan fingerprint density at radius 1 is 1.43 bits per heavy atom. The maximum Gasteiger partial charge on any atom is 0.224 e. The first-order valence-electron chi connectivity index (χ1n) is 7.87. The van der Waals surface area contributed by atoms with Crippen LogP contribution in [0.25, 0.3) is 0 Å². The lowest BCUT2D eigenvalue weighted by Crippen LogP contribution is -2.30. The second-order valence-electron chi connectivity index (χ2n) is 5.70. The van der Waals surface area contributed by atoms with Crippen LogP contribution in [0.15, 0.2) is 24.3 Å². The highest BCUT2D eigenvalue weighted by Crippen LogP contribution is 2.19. The summed E-state index contributed by atoms with van der Waals surface area (Å²) in [6.07, 6.45) is 4.86. The second kappa shape index (κ2) is 8.80. The molecule has 0 radical (unpaired) electrons. The van der Waals surface area contributed by atoms with Crippen LogP contribution >= 0.6 is 0 Å². The average molecular weight is 290 g/mol. The van der Waals surface area contributed by atoms with E-state index in [0.29, 0.717) is 18.9 Å². The molecule has 2 rings (SSSR count). The van der Waals surface area contributed by atoms with Crippen LogP contribution in [0.4, 0.5) is 5.69 Å². The van der Waals surface area contributed by atoms with Crippen LogP contribution in [0.2, 0.25) is 0 Å². The fourth-order valence-electron chi connectivity index (χ4n) is 2.79. The zero-order chi connectivity index (χ0) is 14.9. The predicted molar refractivity (Wildman–Crippen MR) is 85.5 cm³/mol. The predicted octanol–water partition coefficient (Wildman–Crippen LogP) is 2.59. The molecule has 21 heavy (non-hydrogen) atoms. The summed E-state index contributed by atoms with van der Waals surface area (Å²) in [5.74, 6) is 0.763. The minimum atomic E-state index is 0.116. The molecule has 116 valence electrons. The van der Waals surface area contributed by atoms with Gasteiger partial charge in [-0.1, -0.05) is 18.2 Å². The SMILES string of the molecule is COCCc1ccccc1NC(=O)CCC1CCCNC1. The molecule has 1 saturated heterocycles. The maximum atomic E-state index is 12.1. The van der Waals surface area contributed by atoms with Crippen LogP contribution in [0.5, 0.6) is 0 Å². The number of hydrogen-bond acceptors (Lipinski definition) is 3. The van der Waals surface area contributed by atoms with Crippen molar-refractivity contribution in [3.63, 3.8) is 0 Å². The zero-order valence-electron chi connectivity index (χ0n) is 12.9. The minimum absolute atomic E-state index is 0.116. The molecule has 1 unspecified atom stereocenters. The first kappa shape index (κ1) is 16.0. The number of rotatable bonds is 7. The molecular formula is C17H26N2O2. The molecule has 1 fully saturated rings. The number of carbonyl (C=O) groups excluding carboxylic acids is 1. The molecule has 0 aromatic heterocycles. The first-order valence-corrected chi connectivity index (χ1v) is 7.87. The van der Waals surface area contributed by atoms with E-state index in [1.807, 2.05) is 24.3 Å². The van der Waals surface area contributed by atoms with Gasteiger partial charge >= 0.3 is 0 Å². The Morgan fingerprint density at radius 2 is 2.29 bits per heavy atom. The van der Waals surface area contributed by atoms with E-state index >= 15 is 0 Å². The number of para-hydroxylation sites is 1. The van der Waals surface area contributed by atoms with Crippen LogP contribution < -0.4 is 10.6 Å². The quantitative estimate of drug-likeness (QED) is 0.811. The molecule has 1 amide bonds. The van der Waals surface area contributed by atoms with Crippen LogP contribution in [-0.2, 0) is 16.0 Å². The van der Waals surface area contributed by atoms with E-state index in [9.17, 15) is 4.79 Å². The number of ether oxygens (including phenoxy) is 1. The van der Waals surface area contributed by atoms with Crippen LogP contribution in [0.1, 0.15) is 31.2 Å². The normalized spacial score (nSPS) is 18.4. The van der Waals surface area contributed by atoms with E-state index in [0.717, 1.165) is 37.2 Å². The lowest BCUT2D eigenvalue weighted by Gasteiger charge is -2.22. The molecule has 1 atom stereocenters. The van der Waals surface area contributed by atoms with E-state index in [1.165, 1.54) is 12.8 Å². The van der Waals surface area contributed by atoms with Gasteiger partial charge < -0.3 is 15.4 Å². The maximum absolute atomic E-state index is 12.1. The van der Waals surface area contributed by atoms with Gasteiger partial charge in [-0.25, -0.2) is 0 Å². The van der Waals surface area contributed by atoms with E-state index in [-0.39, 0.29) is 5.91 Å². The molecule has 1 heterocycles. The van der Waals surface area contributed by atoms with Crippen molar-refractivity contribution in [1.29, 1.82) is 0 Å². The van der Waals surface area contributed by atoms with E-state index in [2.05, 4.69) is 10.6 Å². The highest BCUT2D eigenvalue weighted by Gasteiger charge is 2.15. The summed E-state index contributed by atoms with van der Waals surface area (Å²) < 4.78 is 5.11. The minimum Gasteiger partial charge on any atom is -0.384 e. The number of hydrogen-bond donors (Lipinski definition) is 2. The Kier molecular flexibility index (Phi) is 6.70. The number of methoxy groups -OCH3 is 1. The largest absolute Gasteiger partial charge is 0.384 e. The van der Waals surface area contributed by atoms with Crippen molar-refractivity contribution in [1.82, 2.24) is 5.32 Å². The average Bonchev–Trinajstić information content (AvgIpc) is 2.53. The fraction of sp³-hybridized carbons (Fsp3) is 0.588. The van der Waals surface area contributed by atoms with Gasteiger partial charge in [-0.3, -0.25) is 4.79 Å². The van der Waals surface area contributed by atoms with Gasteiger partial charge in [0.05, 0.1) is 6.61 Å². The summed E-state index contributed by atoms with van der Waals surface area (Å²) in [4.78, 5) is 12.1. The fourth-order valence-corrected chi connectivity index (χ4v) is 2.79. The van der Waals surface area contributed by atoms with Crippen molar-refractivity contribution in [3.8, 4) is 0 Å². The zero-order valence-corrected chi connectivity index (χ0v) is 12.9. The number of nitrogens with one attached hydrogen (secondary N) is 2. The first-order chi connectivity index (χ1) is 10.3. The van der Waals surface area contributed by atoms with Crippen molar-refractivity contribution in [2.45, 2.75) is 32.1 Å². The molecule has 0 bridgehead atoms. The molecule has 0 spiro atoms. The van der Waals surface area contributed by atoms with Gasteiger partial charge in [0.2, 0.25) is 5.91 Å². The third kappa shape index (κ3) is 5.48. The smallest absolute Gasteiger partial charge is 0.224 e. The number of benzene rings is 1. The summed E-state index contributed by atoms with van der Waals surface area (Å²) >= 11 is 0. The van der Waals surface area contributed by atoms with Crippen molar-refractivity contribution in [2.24, 2.45) is 5.92 Å². The third-order valence-corrected chi connectivity index (χ3v) is 4.05. The molecule has 2 N–H and O–H groups in total. The van der Waals surface area contributed by atoms with E-state index in [4.69, 9.17) is 4.74 Å². The number of amides is 1. The highest BCUT2D eigenvalue weighted by atomic mass is 16.5. The van der Waals surface area contributed by atoms with Crippen molar-refractivity contribution in [2.75, 3.05) is 32.1 Å². The molecule has 4 heteroatoms. The van der Waals surface area contributed by atoms with Crippen LogP contribution in [0.3, 0.4) is 0 Å². The van der Waals surface area contributed by atoms with E-state index in [1.54, 1.807) is 7.11 Å². The van der Waals surface area contributed by atoms with E-state index < -0.39 is 0 Å². The molecule has 0 aliphatic carbocycles. The Morgan fingerprint density at radius 3 is 3.05 bits per heavy atom. The molecule has 1 aliphatic rings. The Balaban J connectivity index is 1.81. The summed E-state index contributed by atoms with van der Waals surface area (Å²) in [5, 5.41) is 6.44. The number of piperidine rings is 1. The van der Waals surface area contributed by atoms with Crippen LogP contribution in [0, 0.1) is 5.92 Å². The number of anilines is 1. The van der Waals surface area contributed by atoms with Crippen molar-refractivity contribution in [3.05, 3.63) is 29.8 Å². The summed E-state index contributed by atoms with van der Waals surface area (Å²) in [6, 6.07) is 7.95. The second-order valence-corrected chi connectivity index (χ2v) is 5.70. The molecule has 1 aromatic carbocycles. The standard InChI is InChI=1S/C17H26N2O2/c1-21-12-10-15-6-2-3-7-16(15)19-17(20)9-8-14-5-4-11-18-13-14/h2-3,6-7,14,18H,4-5,8-13H2,1H3,(H,19,20). The molecule has 1 aromatic rings. The van der Waals surface area contributed by atoms with Gasteiger partial charge in [0.25, 0.3) is 0 Å². The topological polar surface area (TPSA) is 50.4 Å².